The van der Waals surface area contributed by atoms with Crippen LogP contribution < -0.4 is 10.3 Å². The Bertz CT molecular complexity index is 821. The summed E-state index contributed by atoms with van der Waals surface area (Å²) in [5.74, 6) is 0.242. The maximum Gasteiger partial charge on any atom is 0.301 e. The number of hydrogen-bond acceptors (Lipinski definition) is 5. The van der Waals surface area contributed by atoms with E-state index in [4.69, 9.17) is 4.74 Å². The first-order valence-electron chi connectivity index (χ1n) is 5.91. The van der Waals surface area contributed by atoms with Crippen molar-refractivity contribution in [3.63, 3.8) is 0 Å². The first kappa shape index (κ1) is 12.6. The van der Waals surface area contributed by atoms with Crippen LogP contribution in [0.15, 0.2) is 40.9 Å². The van der Waals surface area contributed by atoms with Crippen LogP contribution in [-0.4, -0.2) is 21.5 Å². The van der Waals surface area contributed by atoms with Crippen molar-refractivity contribution in [1.82, 2.24) is 14.4 Å². The quantitative estimate of drug-likeness (QED) is 0.741. The number of pyridine rings is 1. The molecular formula is C14H11N3O2S. The number of thiazole rings is 1. The van der Waals surface area contributed by atoms with E-state index < -0.39 is 0 Å². The number of rotatable bonds is 3. The lowest BCUT2D eigenvalue weighted by molar-refractivity contribution is 0.404. The zero-order valence-electron chi connectivity index (χ0n) is 10.7. The van der Waals surface area contributed by atoms with Crippen LogP contribution in [0.25, 0.3) is 17.1 Å². The summed E-state index contributed by atoms with van der Waals surface area (Å²) in [6, 6.07) is 3.75. The van der Waals surface area contributed by atoms with Crippen molar-refractivity contribution in [1.29, 1.82) is 0 Å². The van der Waals surface area contributed by atoms with E-state index in [9.17, 15) is 4.79 Å². The van der Waals surface area contributed by atoms with Gasteiger partial charge in [-0.1, -0.05) is 6.08 Å². The highest BCUT2D eigenvalue weighted by Crippen LogP contribution is 2.17. The standard InChI is InChI=1S/C14H11N3O2S/c1-19-12-11(3-2-10-4-6-15-7-5-10)16-14-17(13(12)18)8-9-20-14/h2-9H,1H3/b3-2+. The van der Waals surface area contributed by atoms with Crippen molar-refractivity contribution in [2.24, 2.45) is 0 Å². The molecule has 100 valence electrons. The van der Waals surface area contributed by atoms with E-state index in [2.05, 4.69) is 9.97 Å². The number of ether oxygens (including phenoxy) is 1. The summed E-state index contributed by atoms with van der Waals surface area (Å²) < 4.78 is 6.67. The predicted octanol–water partition coefficient (Wildman–Crippen LogP) is 2.33. The highest BCUT2D eigenvalue weighted by Gasteiger charge is 2.11. The lowest BCUT2D eigenvalue weighted by Crippen LogP contribution is -2.16. The Kier molecular flexibility index (Phi) is 3.30. The summed E-state index contributed by atoms with van der Waals surface area (Å²) in [6.45, 7) is 0. The molecule has 0 aliphatic rings. The second kappa shape index (κ2) is 5.26. The van der Waals surface area contributed by atoms with Gasteiger partial charge >= 0.3 is 5.56 Å². The molecule has 0 aliphatic carbocycles. The van der Waals surface area contributed by atoms with Gasteiger partial charge in [-0.3, -0.25) is 14.2 Å². The topological polar surface area (TPSA) is 56.5 Å². The second-order valence-electron chi connectivity index (χ2n) is 4.00. The third kappa shape index (κ3) is 2.21. The normalized spacial score (nSPS) is 11.2. The molecule has 0 saturated carbocycles. The fourth-order valence-corrected chi connectivity index (χ4v) is 2.55. The van der Waals surface area contributed by atoms with Crippen LogP contribution in [0.5, 0.6) is 5.75 Å². The van der Waals surface area contributed by atoms with Crippen LogP contribution in [0.3, 0.4) is 0 Å². The molecule has 3 heterocycles. The highest BCUT2D eigenvalue weighted by molar-refractivity contribution is 7.15. The number of hydrogen-bond donors (Lipinski definition) is 0. The average molecular weight is 285 g/mol. The minimum absolute atomic E-state index is 0.201. The molecule has 3 rings (SSSR count). The zero-order valence-corrected chi connectivity index (χ0v) is 11.5. The van der Waals surface area contributed by atoms with E-state index in [1.165, 1.54) is 22.8 Å². The van der Waals surface area contributed by atoms with Crippen LogP contribution in [-0.2, 0) is 0 Å². The van der Waals surface area contributed by atoms with E-state index in [0.717, 1.165) is 5.56 Å². The fraction of sp³-hybridized carbons (Fsp3) is 0.0714. The third-order valence-corrected chi connectivity index (χ3v) is 3.55. The van der Waals surface area contributed by atoms with E-state index in [0.29, 0.717) is 10.7 Å². The Morgan fingerprint density at radius 2 is 2.10 bits per heavy atom. The maximum absolute atomic E-state index is 12.2. The summed E-state index contributed by atoms with van der Waals surface area (Å²) in [5, 5.41) is 1.82. The molecule has 6 heteroatoms. The summed E-state index contributed by atoms with van der Waals surface area (Å²) >= 11 is 1.41. The molecule has 0 spiro atoms. The van der Waals surface area contributed by atoms with Gasteiger partial charge in [0, 0.05) is 24.0 Å². The van der Waals surface area contributed by atoms with Gasteiger partial charge < -0.3 is 4.74 Å². The molecule has 0 atom stereocenters. The van der Waals surface area contributed by atoms with E-state index >= 15 is 0 Å². The van der Waals surface area contributed by atoms with Crippen LogP contribution in [0, 0.1) is 0 Å². The third-order valence-electron chi connectivity index (χ3n) is 2.80. The van der Waals surface area contributed by atoms with Gasteiger partial charge in [0.05, 0.1) is 7.11 Å². The average Bonchev–Trinajstić information content (AvgIpc) is 2.95. The minimum Gasteiger partial charge on any atom is -0.490 e. The molecule has 0 aliphatic heterocycles. The lowest BCUT2D eigenvalue weighted by atomic mass is 10.2. The van der Waals surface area contributed by atoms with Gasteiger partial charge in [-0.05, 0) is 23.8 Å². The number of aromatic nitrogens is 3. The molecule has 0 amide bonds. The van der Waals surface area contributed by atoms with Gasteiger partial charge in [0.15, 0.2) is 4.96 Å². The van der Waals surface area contributed by atoms with Crippen molar-refractivity contribution < 1.29 is 4.74 Å². The molecule has 3 aromatic heterocycles. The van der Waals surface area contributed by atoms with Crippen LogP contribution in [0.2, 0.25) is 0 Å². The van der Waals surface area contributed by atoms with Crippen molar-refractivity contribution in [3.8, 4) is 5.75 Å². The van der Waals surface area contributed by atoms with Gasteiger partial charge in [0.1, 0.15) is 5.69 Å². The van der Waals surface area contributed by atoms with E-state index in [1.807, 2.05) is 23.6 Å². The summed E-state index contributed by atoms with van der Waals surface area (Å²) in [7, 11) is 1.47. The predicted molar refractivity (Wildman–Crippen MR) is 79.1 cm³/mol. The van der Waals surface area contributed by atoms with Gasteiger partial charge in [-0.25, -0.2) is 4.98 Å². The van der Waals surface area contributed by atoms with Crippen molar-refractivity contribution in [2.75, 3.05) is 7.11 Å². The SMILES string of the molecule is COc1c(/C=C/c2ccncc2)nc2sccn2c1=O. The Morgan fingerprint density at radius 3 is 2.85 bits per heavy atom. The van der Waals surface area contributed by atoms with E-state index in [-0.39, 0.29) is 11.3 Å². The smallest absolute Gasteiger partial charge is 0.301 e. The first-order valence-corrected chi connectivity index (χ1v) is 6.79. The summed E-state index contributed by atoms with van der Waals surface area (Å²) in [5.41, 5.74) is 1.31. The largest absolute Gasteiger partial charge is 0.490 e. The van der Waals surface area contributed by atoms with Crippen LogP contribution in [0.1, 0.15) is 11.3 Å². The summed E-state index contributed by atoms with van der Waals surface area (Å²) in [6.07, 6.45) is 8.75. The van der Waals surface area contributed by atoms with Gasteiger partial charge in [-0.2, -0.15) is 0 Å². The molecule has 0 unspecified atom stereocenters. The van der Waals surface area contributed by atoms with Gasteiger partial charge in [-0.15, -0.1) is 11.3 Å². The second-order valence-corrected chi connectivity index (χ2v) is 4.88. The summed E-state index contributed by atoms with van der Waals surface area (Å²) in [4.78, 5) is 21.2. The molecule has 0 N–H and O–H groups in total. The maximum atomic E-state index is 12.2. The zero-order chi connectivity index (χ0) is 13.9. The van der Waals surface area contributed by atoms with Gasteiger partial charge in [0.2, 0.25) is 5.75 Å². The minimum atomic E-state index is -0.201. The van der Waals surface area contributed by atoms with Crippen molar-refractivity contribution in [3.05, 3.63) is 57.7 Å². The van der Waals surface area contributed by atoms with Crippen molar-refractivity contribution in [2.45, 2.75) is 0 Å². The molecule has 3 aromatic rings. The Labute approximate surface area is 118 Å². The number of fused-ring (bicyclic) bond motifs is 1. The Morgan fingerprint density at radius 1 is 1.30 bits per heavy atom. The molecule has 0 fully saturated rings. The van der Waals surface area contributed by atoms with E-state index in [1.54, 1.807) is 24.7 Å². The Balaban J connectivity index is 2.11. The molecule has 0 aromatic carbocycles. The molecule has 0 bridgehead atoms. The number of methoxy groups -OCH3 is 1. The molecular weight excluding hydrogens is 274 g/mol. The molecule has 0 saturated heterocycles. The Hall–Kier alpha value is -2.47. The van der Waals surface area contributed by atoms with Crippen LogP contribution in [0.4, 0.5) is 0 Å². The monoisotopic (exact) mass is 285 g/mol. The molecule has 0 radical (unpaired) electrons. The molecule has 20 heavy (non-hydrogen) atoms. The molecule has 5 nitrogen and oxygen atoms in total. The fourth-order valence-electron chi connectivity index (χ4n) is 1.83. The van der Waals surface area contributed by atoms with Crippen molar-refractivity contribution >= 4 is 28.4 Å². The first-order chi connectivity index (χ1) is 9.79. The highest BCUT2D eigenvalue weighted by atomic mass is 32.1. The van der Waals surface area contributed by atoms with Gasteiger partial charge in [0.25, 0.3) is 0 Å². The number of nitrogens with zero attached hydrogens (tertiary/aromatic N) is 3. The lowest BCUT2D eigenvalue weighted by Gasteiger charge is -2.03. The van der Waals surface area contributed by atoms with Crippen LogP contribution >= 0.6 is 11.3 Å².